The lowest BCUT2D eigenvalue weighted by atomic mass is 9.95. The van der Waals surface area contributed by atoms with Crippen molar-refractivity contribution >= 4 is 17.5 Å². The quantitative estimate of drug-likeness (QED) is 0.633. The van der Waals surface area contributed by atoms with Gasteiger partial charge in [-0.1, -0.05) is 0 Å². The normalized spacial score (nSPS) is 21.2. The standard InChI is InChI=1S/C9H16ClNO2/c1-11(2)9(12)8(10)7-3-5-13-6-4-7/h7-8H,3-6H2,1-2H3. The van der Waals surface area contributed by atoms with E-state index >= 15 is 0 Å². The maximum absolute atomic E-state index is 11.5. The Hall–Kier alpha value is -0.280. The van der Waals surface area contributed by atoms with Gasteiger partial charge in [0.05, 0.1) is 0 Å². The number of amides is 1. The highest BCUT2D eigenvalue weighted by atomic mass is 35.5. The van der Waals surface area contributed by atoms with Crippen molar-refractivity contribution in [3.8, 4) is 0 Å². The molecule has 0 aromatic carbocycles. The van der Waals surface area contributed by atoms with E-state index in [0.717, 1.165) is 26.1 Å². The smallest absolute Gasteiger partial charge is 0.240 e. The van der Waals surface area contributed by atoms with Crippen LogP contribution in [-0.2, 0) is 9.53 Å². The van der Waals surface area contributed by atoms with Crippen LogP contribution in [0.1, 0.15) is 12.8 Å². The van der Waals surface area contributed by atoms with Gasteiger partial charge in [-0.05, 0) is 18.8 Å². The van der Waals surface area contributed by atoms with Gasteiger partial charge in [0.2, 0.25) is 5.91 Å². The molecule has 0 aromatic rings. The summed E-state index contributed by atoms with van der Waals surface area (Å²) in [6.07, 6.45) is 1.79. The molecule has 0 aromatic heterocycles. The molecule has 0 spiro atoms. The molecular formula is C9H16ClNO2. The van der Waals surface area contributed by atoms with Gasteiger partial charge in [0.25, 0.3) is 0 Å². The first kappa shape index (κ1) is 10.8. The zero-order valence-corrected chi connectivity index (χ0v) is 8.88. The van der Waals surface area contributed by atoms with Crippen molar-refractivity contribution in [2.75, 3.05) is 27.3 Å². The molecule has 3 nitrogen and oxygen atoms in total. The van der Waals surface area contributed by atoms with Crippen molar-refractivity contribution < 1.29 is 9.53 Å². The highest BCUT2D eigenvalue weighted by molar-refractivity contribution is 6.30. The van der Waals surface area contributed by atoms with Crippen LogP contribution >= 0.6 is 11.6 Å². The number of carbonyl (C=O) groups excluding carboxylic acids is 1. The van der Waals surface area contributed by atoms with E-state index in [2.05, 4.69) is 0 Å². The molecule has 13 heavy (non-hydrogen) atoms. The predicted molar refractivity (Wildman–Crippen MR) is 51.9 cm³/mol. The summed E-state index contributed by atoms with van der Waals surface area (Å²) in [5, 5.41) is -0.376. The molecule has 0 N–H and O–H groups in total. The van der Waals surface area contributed by atoms with Crippen LogP contribution < -0.4 is 0 Å². The number of carbonyl (C=O) groups is 1. The second kappa shape index (κ2) is 4.82. The Bertz CT molecular complexity index is 178. The van der Waals surface area contributed by atoms with Crippen LogP contribution in [0.4, 0.5) is 0 Å². The number of rotatable bonds is 2. The van der Waals surface area contributed by atoms with E-state index in [4.69, 9.17) is 16.3 Å². The largest absolute Gasteiger partial charge is 0.381 e. The van der Waals surface area contributed by atoms with Crippen molar-refractivity contribution in [2.24, 2.45) is 5.92 Å². The average Bonchev–Trinajstić information content (AvgIpc) is 2.17. The minimum atomic E-state index is -0.376. The Morgan fingerprint density at radius 1 is 1.46 bits per heavy atom. The minimum Gasteiger partial charge on any atom is -0.381 e. The molecule has 4 heteroatoms. The van der Waals surface area contributed by atoms with Crippen molar-refractivity contribution in [1.29, 1.82) is 0 Å². The number of alkyl halides is 1. The molecule has 1 aliphatic rings. The maximum Gasteiger partial charge on any atom is 0.240 e. The van der Waals surface area contributed by atoms with Gasteiger partial charge in [-0.15, -0.1) is 11.6 Å². The van der Waals surface area contributed by atoms with E-state index in [1.807, 2.05) is 0 Å². The first-order valence-corrected chi connectivity index (χ1v) is 4.99. The molecule has 0 aliphatic carbocycles. The van der Waals surface area contributed by atoms with Gasteiger partial charge in [-0.2, -0.15) is 0 Å². The van der Waals surface area contributed by atoms with Gasteiger partial charge >= 0.3 is 0 Å². The average molecular weight is 206 g/mol. The molecule has 1 amide bonds. The van der Waals surface area contributed by atoms with Crippen LogP contribution in [-0.4, -0.2) is 43.5 Å². The van der Waals surface area contributed by atoms with E-state index in [0.29, 0.717) is 0 Å². The predicted octanol–water partition coefficient (Wildman–Crippen LogP) is 1.11. The van der Waals surface area contributed by atoms with Crippen LogP contribution in [0.15, 0.2) is 0 Å². The monoisotopic (exact) mass is 205 g/mol. The second-order valence-electron chi connectivity index (χ2n) is 3.58. The Kier molecular flexibility index (Phi) is 4.00. The van der Waals surface area contributed by atoms with Gasteiger partial charge in [0, 0.05) is 27.3 Å². The van der Waals surface area contributed by atoms with Crippen LogP contribution in [0.2, 0.25) is 0 Å². The zero-order chi connectivity index (χ0) is 9.84. The zero-order valence-electron chi connectivity index (χ0n) is 8.12. The second-order valence-corrected chi connectivity index (χ2v) is 4.05. The van der Waals surface area contributed by atoms with Crippen molar-refractivity contribution in [3.63, 3.8) is 0 Å². The van der Waals surface area contributed by atoms with Crippen molar-refractivity contribution in [2.45, 2.75) is 18.2 Å². The molecule has 0 saturated carbocycles. The van der Waals surface area contributed by atoms with E-state index in [1.54, 1.807) is 19.0 Å². The number of hydrogen-bond donors (Lipinski definition) is 0. The first-order valence-electron chi connectivity index (χ1n) is 4.56. The van der Waals surface area contributed by atoms with Gasteiger partial charge in [-0.25, -0.2) is 0 Å². The molecule has 0 radical (unpaired) electrons. The summed E-state index contributed by atoms with van der Waals surface area (Å²) in [5.74, 6) is 0.291. The van der Waals surface area contributed by atoms with E-state index in [-0.39, 0.29) is 17.2 Å². The Morgan fingerprint density at radius 3 is 2.46 bits per heavy atom. The lowest BCUT2D eigenvalue weighted by Gasteiger charge is -2.27. The van der Waals surface area contributed by atoms with Crippen LogP contribution in [0, 0.1) is 5.92 Å². The lowest BCUT2D eigenvalue weighted by Crippen LogP contribution is -2.37. The van der Waals surface area contributed by atoms with Crippen LogP contribution in [0.5, 0.6) is 0 Å². The van der Waals surface area contributed by atoms with Crippen molar-refractivity contribution in [3.05, 3.63) is 0 Å². The van der Waals surface area contributed by atoms with Gasteiger partial charge in [0.1, 0.15) is 5.38 Å². The Balaban J connectivity index is 2.45. The summed E-state index contributed by atoms with van der Waals surface area (Å²) >= 11 is 6.06. The van der Waals surface area contributed by atoms with Crippen LogP contribution in [0.25, 0.3) is 0 Å². The maximum atomic E-state index is 11.5. The summed E-state index contributed by atoms with van der Waals surface area (Å²) in [6, 6.07) is 0. The van der Waals surface area contributed by atoms with Gasteiger partial charge < -0.3 is 9.64 Å². The molecular weight excluding hydrogens is 190 g/mol. The summed E-state index contributed by atoms with van der Waals surface area (Å²) in [5.41, 5.74) is 0. The fraction of sp³-hybridized carbons (Fsp3) is 0.889. The molecule has 1 heterocycles. The van der Waals surface area contributed by atoms with Crippen LogP contribution in [0.3, 0.4) is 0 Å². The Morgan fingerprint density at radius 2 is 2.00 bits per heavy atom. The molecule has 76 valence electrons. The molecule has 0 bridgehead atoms. The Labute approximate surface area is 84.0 Å². The number of halogens is 1. The summed E-state index contributed by atoms with van der Waals surface area (Å²) in [6.45, 7) is 1.46. The van der Waals surface area contributed by atoms with Gasteiger partial charge in [-0.3, -0.25) is 4.79 Å². The topological polar surface area (TPSA) is 29.5 Å². The first-order chi connectivity index (χ1) is 6.13. The molecule has 1 aliphatic heterocycles. The summed E-state index contributed by atoms with van der Waals surface area (Å²) in [4.78, 5) is 13.0. The third-order valence-corrected chi connectivity index (χ3v) is 2.90. The fourth-order valence-corrected chi connectivity index (χ4v) is 1.90. The highest BCUT2D eigenvalue weighted by Crippen LogP contribution is 2.23. The SMILES string of the molecule is CN(C)C(=O)C(Cl)C1CCOCC1. The molecule has 1 rings (SSSR count). The minimum absolute atomic E-state index is 0.00793. The summed E-state index contributed by atoms with van der Waals surface area (Å²) < 4.78 is 5.21. The number of hydrogen-bond acceptors (Lipinski definition) is 2. The van der Waals surface area contributed by atoms with E-state index in [1.165, 1.54) is 0 Å². The third kappa shape index (κ3) is 2.85. The molecule has 1 atom stereocenters. The fourth-order valence-electron chi connectivity index (χ4n) is 1.46. The molecule has 1 fully saturated rings. The number of nitrogens with zero attached hydrogens (tertiary/aromatic N) is 1. The van der Waals surface area contributed by atoms with Crippen molar-refractivity contribution in [1.82, 2.24) is 4.90 Å². The van der Waals surface area contributed by atoms with Gasteiger partial charge in [0.15, 0.2) is 0 Å². The van der Waals surface area contributed by atoms with E-state index in [9.17, 15) is 4.79 Å². The summed E-state index contributed by atoms with van der Waals surface area (Å²) in [7, 11) is 3.47. The number of ether oxygens (including phenoxy) is 1. The molecule has 1 unspecified atom stereocenters. The highest BCUT2D eigenvalue weighted by Gasteiger charge is 2.28. The van der Waals surface area contributed by atoms with E-state index < -0.39 is 0 Å². The lowest BCUT2D eigenvalue weighted by molar-refractivity contribution is -0.129. The third-order valence-electron chi connectivity index (χ3n) is 2.36. The molecule has 1 saturated heterocycles.